The Kier molecular flexibility index (Phi) is 3.64. The van der Waals surface area contributed by atoms with Crippen LogP contribution in [0.2, 0.25) is 0 Å². The zero-order valence-corrected chi connectivity index (χ0v) is 9.43. The van der Waals surface area contributed by atoms with E-state index in [-0.39, 0.29) is 5.92 Å². The molecule has 0 bridgehead atoms. The molecule has 4 heteroatoms. The Bertz CT molecular complexity index is 396. The molecular formula is C12H16N4. The van der Waals surface area contributed by atoms with E-state index in [0.717, 1.165) is 12.2 Å². The van der Waals surface area contributed by atoms with Crippen molar-refractivity contribution < 1.29 is 0 Å². The summed E-state index contributed by atoms with van der Waals surface area (Å²) < 4.78 is 0. The first-order valence-corrected chi connectivity index (χ1v) is 5.70. The Morgan fingerprint density at radius 1 is 1.25 bits per heavy atom. The van der Waals surface area contributed by atoms with Crippen LogP contribution in [-0.4, -0.2) is 20.6 Å². The van der Waals surface area contributed by atoms with E-state index in [9.17, 15) is 0 Å². The maximum atomic E-state index is 4.10. The standard InChI is InChI=1S/C12H16N4/c1-2-3-9-11(12-13-15-16-14-12)10-7-5-4-6-8-10/h4-8,11H,2-3,9H2,1H3,(H,13,14,15,16). The lowest BCUT2D eigenvalue weighted by molar-refractivity contribution is 0.623. The van der Waals surface area contributed by atoms with Gasteiger partial charge in [-0.15, -0.1) is 10.2 Å². The number of H-pyrrole nitrogens is 1. The third kappa shape index (κ3) is 2.45. The minimum absolute atomic E-state index is 0.264. The van der Waals surface area contributed by atoms with E-state index in [2.05, 4.69) is 39.7 Å². The van der Waals surface area contributed by atoms with Gasteiger partial charge in [-0.2, -0.15) is 5.21 Å². The molecule has 0 aliphatic carbocycles. The number of rotatable bonds is 5. The molecule has 16 heavy (non-hydrogen) atoms. The first-order valence-electron chi connectivity index (χ1n) is 5.70. The van der Waals surface area contributed by atoms with Crippen molar-refractivity contribution in [2.24, 2.45) is 0 Å². The van der Waals surface area contributed by atoms with Crippen molar-refractivity contribution in [3.8, 4) is 0 Å². The van der Waals surface area contributed by atoms with E-state index in [1.54, 1.807) is 0 Å². The predicted molar refractivity (Wildman–Crippen MR) is 62.0 cm³/mol. The monoisotopic (exact) mass is 216 g/mol. The molecule has 0 amide bonds. The highest BCUT2D eigenvalue weighted by Gasteiger charge is 2.17. The molecular weight excluding hydrogens is 200 g/mol. The normalized spacial score (nSPS) is 12.6. The SMILES string of the molecule is CCCCC(c1ccccc1)c1nn[nH]n1. The van der Waals surface area contributed by atoms with E-state index in [0.29, 0.717) is 0 Å². The van der Waals surface area contributed by atoms with E-state index >= 15 is 0 Å². The summed E-state index contributed by atoms with van der Waals surface area (Å²) in [5.41, 5.74) is 1.26. The molecule has 0 saturated heterocycles. The van der Waals surface area contributed by atoms with Crippen LogP contribution in [0.1, 0.15) is 43.5 Å². The molecule has 0 aliphatic heterocycles. The molecule has 4 nitrogen and oxygen atoms in total. The Morgan fingerprint density at radius 3 is 2.69 bits per heavy atom. The summed E-state index contributed by atoms with van der Waals surface area (Å²) in [5.74, 6) is 1.06. The molecule has 2 aromatic rings. The smallest absolute Gasteiger partial charge is 0.177 e. The Hall–Kier alpha value is -1.71. The molecule has 1 unspecified atom stereocenters. The van der Waals surface area contributed by atoms with Crippen molar-refractivity contribution in [3.05, 3.63) is 41.7 Å². The number of tetrazole rings is 1. The van der Waals surface area contributed by atoms with Gasteiger partial charge in [0, 0.05) is 5.92 Å². The molecule has 1 aromatic carbocycles. The Balaban J connectivity index is 2.21. The number of unbranched alkanes of at least 4 members (excludes halogenated alkanes) is 1. The molecule has 0 fully saturated rings. The van der Waals surface area contributed by atoms with E-state index in [4.69, 9.17) is 0 Å². The van der Waals surface area contributed by atoms with Crippen molar-refractivity contribution >= 4 is 0 Å². The van der Waals surface area contributed by atoms with Crippen molar-refractivity contribution in [2.75, 3.05) is 0 Å². The first-order chi connectivity index (χ1) is 7.92. The van der Waals surface area contributed by atoms with Gasteiger partial charge in [-0.05, 0) is 12.0 Å². The number of aromatic amines is 1. The van der Waals surface area contributed by atoms with Gasteiger partial charge in [-0.3, -0.25) is 0 Å². The average molecular weight is 216 g/mol. The Labute approximate surface area is 95.1 Å². The van der Waals surface area contributed by atoms with Crippen LogP contribution in [0.25, 0.3) is 0 Å². The van der Waals surface area contributed by atoms with E-state index in [1.807, 2.05) is 18.2 Å². The number of hydrogen-bond acceptors (Lipinski definition) is 3. The summed E-state index contributed by atoms with van der Waals surface area (Å²) in [7, 11) is 0. The van der Waals surface area contributed by atoms with Gasteiger partial charge in [-0.25, -0.2) is 0 Å². The number of benzene rings is 1. The minimum atomic E-state index is 0.264. The lowest BCUT2D eigenvalue weighted by Gasteiger charge is -2.12. The summed E-state index contributed by atoms with van der Waals surface area (Å²) in [6.45, 7) is 2.19. The van der Waals surface area contributed by atoms with Gasteiger partial charge in [0.25, 0.3) is 0 Å². The van der Waals surface area contributed by atoms with Crippen LogP contribution in [0.4, 0.5) is 0 Å². The van der Waals surface area contributed by atoms with Crippen LogP contribution < -0.4 is 0 Å². The topological polar surface area (TPSA) is 54.5 Å². The fourth-order valence-electron chi connectivity index (χ4n) is 1.86. The fourth-order valence-corrected chi connectivity index (χ4v) is 1.86. The van der Waals surface area contributed by atoms with Gasteiger partial charge in [-0.1, -0.05) is 55.3 Å². The lowest BCUT2D eigenvalue weighted by Crippen LogP contribution is -2.03. The van der Waals surface area contributed by atoms with Crippen molar-refractivity contribution in [1.82, 2.24) is 20.6 Å². The fraction of sp³-hybridized carbons (Fsp3) is 0.417. The number of aromatic nitrogens is 4. The molecule has 84 valence electrons. The second-order valence-corrected chi connectivity index (χ2v) is 3.88. The second kappa shape index (κ2) is 5.39. The number of nitrogens with one attached hydrogen (secondary N) is 1. The summed E-state index contributed by atoms with van der Waals surface area (Å²) in [6, 6.07) is 10.4. The van der Waals surface area contributed by atoms with Crippen LogP contribution >= 0.6 is 0 Å². The summed E-state index contributed by atoms with van der Waals surface area (Å²) in [6.07, 6.45) is 3.43. The molecule has 0 aliphatic rings. The molecule has 2 rings (SSSR count). The average Bonchev–Trinajstić information content (AvgIpc) is 2.85. The molecule has 0 spiro atoms. The zero-order chi connectivity index (χ0) is 11.2. The molecule has 1 N–H and O–H groups in total. The van der Waals surface area contributed by atoms with Gasteiger partial charge in [0.15, 0.2) is 5.82 Å². The summed E-state index contributed by atoms with van der Waals surface area (Å²) in [4.78, 5) is 0. The van der Waals surface area contributed by atoms with Gasteiger partial charge in [0.05, 0.1) is 0 Å². The molecule has 0 radical (unpaired) electrons. The quantitative estimate of drug-likeness (QED) is 0.835. The van der Waals surface area contributed by atoms with Gasteiger partial charge in [0.2, 0.25) is 0 Å². The molecule has 0 saturated carbocycles. The summed E-state index contributed by atoms with van der Waals surface area (Å²) in [5, 5.41) is 14.4. The number of nitrogens with zero attached hydrogens (tertiary/aromatic N) is 3. The van der Waals surface area contributed by atoms with Crippen LogP contribution in [0.15, 0.2) is 30.3 Å². The third-order valence-electron chi connectivity index (χ3n) is 2.72. The van der Waals surface area contributed by atoms with Gasteiger partial charge < -0.3 is 0 Å². The third-order valence-corrected chi connectivity index (χ3v) is 2.72. The molecule has 1 heterocycles. The lowest BCUT2D eigenvalue weighted by atomic mass is 9.93. The summed E-state index contributed by atoms with van der Waals surface area (Å²) >= 11 is 0. The molecule has 1 atom stereocenters. The maximum Gasteiger partial charge on any atom is 0.181 e. The van der Waals surface area contributed by atoms with Gasteiger partial charge in [0.1, 0.15) is 0 Å². The highest BCUT2D eigenvalue weighted by molar-refractivity contribution is 5.24. The minimum Gasteiger partial charge on any atom is -0.177 e. The first kappa shape index (κ1) is 10.8. The van der Waals surface area contributed by atoms with Crippen LogP contribution in [0.5, 0.6) is 0 Å². The second-order valence-electron chi connectivity index (χ2n) is 3.88. The highest BCUT2D eigenvalue weighted by atomic mass is 15.5. The van der Waals surface area contributed by atoms with Crippen molar-refractivity contribution in [1.29, 1.82) is 0 Å². The predicted octanol–water partition coefficient (Wildman–Crippen LogP) is 2.52. The van der Waals surface area contributed by atoms with E-state index in [1.165, 1.54) is 18.4 Å². The van der Waals surface area contributed by atoms with E-state index < -0.39 is 0 Å². The maximum absolute atomic E-state index is 4.10. The van der Waals surface area contributed by atoms with Crippen molar-refractivity contribution in [2.45, 2.75) is 32.1 Å². The number of hydrogen-bond donors (Lipinski definition) is 1. The Morgan fingerprint density at radius 2 is 2.06 bits per heavy atom. The largest absolute Gasteiger partial charge is 0.181 e. The van der Waals surface area contributed by atoms with Crippen LogP contribution in [0.3, 0.4) is 0 Å². The zero-order valence-electron chi connectivity index (χ0n) is 9.43. The van der Waals surface area contributed by atoms with Gasteiger partial charge >= 0.3 is 0 Å². The van der Waals surface area contributed by atoms with Crippen molar-refractivity contribution in [3.63, 3.8) is 0 Å². The highest BCUT2D eigenvalue weighted by Crippen LogP contribution is 2.26. The molecule has 1 aromatic heterocycles. The van der Waals surface area contributed by atoms with Crippen LogP contribution in [0, 0.1) is 0 Å². The van der Waals surface area contributed by atoms with Crippen LogP contribution in [-0.2, 0) is 0 Å².